The molecule has 1 unspecified atom stereocenters. The van der Waals surface area contributed by atoms with Gasteiger partial charge in [0.15, 0.2) is 0 Å². The Kier molecular flexibility index (Phi) is 3.14. The van der Waals surface area contributed by atoms with Crippen molar-refractivity contribution >= 4 is 6.03 Å². The molecule has 1 aliphatic heterocycles. The summed E-state index contributed by atoms with van der Waals surface area (Å²) in [6.45, 7) is 2.12. The third-order valence-electron chi connectivity index (χ3n) is 2.92. The highest BCUT2D eigenvalue weighted by Gasteiger charge is 2.34. The van der Waals surface area contributed by atoms with Gasteiger partial charge in [0, 0.05) is 20.1 Å². The van der Waals surface area contributed by atoms with Crippen molar-refractivity contribution in [2.24, 2.45) is 0 Å². The molecule has 1 N–H and O–H groups in total. The maximum atomic E-state index is 11.9. The van der Waals surface area contributed by atoms with E-state index >= 15 is 0 Å². The molecule has 5 heteroatoms. The van der Waals surface area contributed by atoms with E-state index in [4.69, 9.17) is 4.42 Å². The first-order valence-corrected chi connectivity index (χ1v) is 5.41. The van der Waals surface area contributed by atoms with Crippen LogP contribution in [0.2, 0.25) is 0 Å². The Balaban J connectivity index is 1.99. The molecule has 2 heterocycles. The molecule has 88 valence electrons. The normalized spacial score (nSPS) is 20.9. The minimum Gasteiger partial charge on any atom is -0.467 e. The van der Waals surface area contributed by atoms with Crippen LogP contribution in [0.25, 0.3) is 0 Å². The molecule has 1 aromatic rings. The molecule has 0 aliphatic carbocycles. The van der Waals surface area contributed by atoms with Crippen LogP contribution >= 0.6 is 0 Å². The van der Waals surface area contributed by atoms with Crippen LogP contribution in [-0.2, 0) is 6.54 Å². The molecule has 16 heavy (non-hydrogen) atoms. The number of likely N-dealkylation sites (N-methyl/N-ethyl adjacent to an activating group) is 2. The Morgan fingerprint density at radius 3 is 3.06 bits per heavy atom. The molecule has 1 saturated heterocycles. The van der Waals surface area contributed by atoms with Gasteiger partial charge in [-0.25, -0.2) is 4.79 Å². The molecule has 0 saturated carbocycles. The SMILES string of the molecule is CNCC1CN(Cc2ccco2)C(=O)N1C. The number of nitrogens with zero attached hydrogens (tertiary/aromatic N) is 2. The number of furan rings is 1. The number of nitrogens with one attached hydrogen (secondary N) is 1. The second kappa shape index (κ2) is 4.57. The van der Waals surface area contributed by atoms with E-state index in [0.717, 1.165) is 18.8 Å². The Morgan fingerprint density at radius 2 is 2.44 bits per heavy atom. The van der Waals surface area contributed by atoms with Gasteiger partial charge in [0.2, 0.25) is 0 Å². The zero-order valence-corrected chi connectivity index (χ0v) is 9.64. The van der Waals surface area contributed by atoms with Gasteiger partial charge in [-0.2, -0.15) is 0 Å². The lowest BCUT2D eigenvalue weighted by Crippen LogP contribution is -2.37. The van der Waals surface area contributed by atoms with E-state index in [9.17, 15) is 4.79 Å². The Bertz CT molecular complexity index is 350. The zero-order chi connectivity index (χ0) is 11.5. The smallest absolute Gasteiger partial charge is 0.320 e. The third kappa shape index (κ3) is 2.04. The van der Waals surface area contributed by atoms with E-state index in [2.05, 4.69) is 5.32 Å². The van der Waals surface area contributed by atoms with Gasteiger partial charge < -0.3 is 19.5 Å². The number of carbonyl (C=O) groups is 1. The van der Waals surface area contributed by atoms with E-state index in [1.54, 1.807) is 16.1 Å². The summed E-state index contributed by atoms with van der Waals surface area (Å²) in [5, 5.41) is 3.10. The Morgan fingerprint density at radius 1 is 1.62 bits per heavy atom. The maximum absolute atomic E-state index is 11.9. The number of hydrogen-bond acceptors (Lipinski definition) is 3. The number of urea groups is 1. The van der Waals surface area contributed by atoms with Gasteiger partial charge in [0.1, 0.15) is 5.76 Å². The highest BCUT2D eigenvalue weighted by atomic mass is 16.3. The molecule has 0 radical (unpaired) electrons. The molecule has 5 nitrogen and oxygen atoms in total. The zero-order valence-electron chi connectivity index (χ0n) is 9.64. The second-order valence-electron chi connectivity index (χ2n) is 4.06. The first-order chi connectivity index (χ1) is 7.72. The molecule has 0 spiro atoms. The van der Waals surface area contributed by atoms with Crippen molar-refractivity contribution in [2.45, 2.75) is 12.6 Å². The van der Waals surface area contributed by atoms with Crippen molar-refractivity contribution in [3.05, 3.63) is 24.2 Å². The second-order valence-corrected chi connectivity index (χ2v) is 4.06. The van der Waals surface area contributed by atoms with Crippen LogP contribution in [0.1, 0.15) is 5.76 Å². The highest BCUT2D eigenvalue weighted by Crippen LogP contribution is 2.16. The number of amides is 2. The predicted molar refractivity (Wildman–Crippen MR) is 60.0 cm³/mol. The van der Waals surface area contributed by atoms with E-state index < -0.39 is 0 Å². The lowest BCUT2D eigenvalue weighted by molar-refractivity contribution is 0.191. The van der Waals surface area contributed by atoms with E-state index in [1.165, 1.54) is 0 Å². The van der Waals surface area contributed by atoms with E-state index in [-0.39, 0.29) is 12.1 Å². The quantitative estimate of drug-likeness (QED) is 0.819. The lowest BCUT2D eigenvalue weighted by atomic mass is 10.3. The van der Waals surface area contributed by atoms with Gasteiger partial charge >= 0.3 is 6.03 Å². The first-order valence-electron chi connectivity index (χ1n) is 5.41. The minimum atomic E-state index is 0.0663. The Labute approximate surface area is 95.0 Å². The van der Waals surface area contributed by atoms with Crippen LogP contribution in [0.15, 0.2) is 22.8 Å². The summed E-state index contributed by atoms with van der Waals surface area (Å²) in [6, 6.07) is 4.03. The van der Waals surface area contributed by atoms with Crippen molar-refractivity contribution in [1.82, 2.24) is 15.1 Å². The van der Waals surface area contributed by atoms with Crippen molar-refractivity contribution in [3.8, 4) is 0 Å². The minimum absolute atomic E-state index is 0.0663. The third-order valence-corrected chi connectivity index (χ3v) is 2.92. The van der Waals surface area contributed by atoms with E-state index in [0.29, 0.717) is 6.54 Å². The molecule has 2 amide bonds. The van der Waals surface area contributed by atoms with Gasteiger partial charge in [-0.1, -0.05) is 0 Å². The summed E-state index contributed by atoms with van der Waals surface area (Å²) in [7, 11) is 3.74. The molecular formula is C11H17N3O2. The van der Waals surface area contributed by atoms with Crippen LogP contribution in [-0.4, -0.2) is 49.1 Å². The fourth-order valence-electron chi connectivity index (χ4n) is 1.99. The maximum Gasteiger partial charge on any atom is 0.320 e. The van der Waals surface area contributed by atoms with Crippen LogP contribution in [0.4, 0.5) is 4.79 Å². The highest BCUT2D eigenvalue weighted by molar-refractivity contribution is 5.76. The monoisotopic (exact) mass is 223 g/mol. The van der Waals surface area contributed by atoms with Crippen LogP contribution in [0.5, 0.6) is 0 Å². The summed E-state index contributed by atoms with van der Waals surface area (Å²) < 4.78 is 5.25. The molecule has 1 fully saturated rings. The molecule has 1 aromatic heterocycles. The van der Waals surface area contributed by atoms with Crippen molar-refractivity contribution < 1.29 is 9.21 Å². The fourth-order valence-corrected chi connectivity index (χ4v) is 1.99. The Hall–Kier alpha value is -1.49. The summed E-state index contributed by atoms with van der Waals surface area (Å²) in [6.07, 6.45) is 1.63. The summed E-state index contributed by atoms with van der Waals surface area (Å²) in [4.78, 5) is 15.5. The van der Waals surface area contributed by atoms with Gasteiger partial charge in [-0.05, 0) is 19.2 Å². The number of rotatable bonds is 4. The van der Waals surface area contributed by atoms with E-state index in [1.807, 2.05) is 26.2 Å². The van der Waals surface area contributed by atoms with Crippen molar-refractivity contribution in [2.75, 3.05) is 27.2 Å². The summed E-state index contributed by atoms with van der Waals surface area (Å²) >= 11 is 0. The van der Waals surface area contributed by atoms with Crippen LogP contribution in [0.3, 0.4) is 0 Å². The van der Waals surface area contributed by atoms with Gasteiger partial charge in [-0.3, -0.25) is 0 Å². The number of carbonyl (C=O) groups excluding carboxylic acids is 1. The van der Waals surface area contributed by atoms with Gasteiger partial charge in [0.05, 0.1) is 18.8 Å². The molecule has 0 bridgehead atoms. The number of hydrogen-bond donors (Lipinski definition) is 1. The molecule has 0 aromatic carbocycles. The fraction of sp³-hybridized carbons (Fsp3) is 0.545. The van der Waals surface area contributed by atoms with Crippen LogP contribution < -0.4 is 5.32 Å². The summed E-state index contributed by atoms with van der Waals surface area (Å²) in [5.74, 6) is 0.826. The molecule has 1 aliphatic rings. The summed E-state index contributed by atoms with van der Waals surface area (Å²) in [5.41, 5.74) is 0. The largest absolute Gasteiger partial charge is 0.467 e. The van der Waals surface area contributed by atoms with Gasteiger partial charge in [-0.15, -0.1) is 0 Å². The topological polar surface area (TPSA) is 48.7 Å². The molecule has 2 rings (SSSR count). The van der Waals surface area contributed by atoms with Crippen LogP contribution in [0, 0.1) is 0 Å². The predicted octanol–water partition coefficient (Wildman–Crippen LogP) is 0.735. The first kappa shape index (κ1) is 11.0. The average molecular weight is 223 g/mol. The van der Waals surface area contributed by atoms with Crippen molar-refractivity contribution in [3.63, 3.8) is 0 Å². The molecular weight excluding hydrogens is 206 g/mol. The lowest BCUT2D eigenvalue weighted by Gasteiger charge is -2.16. The standard InChI is InChI=1S/C11H17N3O2/c1-12-6-9-7-14(11(15)13(9)2)8-10-4-3-5-16-10/h3-5,9,12H,6-8H2,1-2H3. The van der Waals surface area contributed by atoms with Crippen molar-refractivity contribution in [1.29, 1.82) is 0 Å². The molecule has 1 atom stereocenters. The average Bonchev–Trinajstić information content (AvgIpc) is 2.85. The van der Waals surface area contributed by atoms with Gasteiger partial charge in [0.25, 0.3) is 0 Å².